The van der Waals surface area contributed by atoms with Gasteiger partial charge < -0.3 is 5.73 Å². The van der Waals surface area contributed by atoms with E-state index in [9.17, 15) is 0 Å². The number of aromatic nitrogens is 4. The summed E-state index contributed by atoms with van der Waals surface area (Å²) in [7, 11) is 0. The summed E-state index contributed by atoms with van der Waals surface area (Å²) in [4.78, 5) is 12.7. The molecular formula is C11H11N5. The van der Waals surface area contributed by atoms with Crippen molar-refractivity contribution in [3.8, 4) is 0 Å². The highest BCUT2D eigenvalue weighted by atomic mass is 15.2. The van der Waals surface area contributed by atoms with Crippen molar-refractivity contribution in [1.82, 2.24) is 19.4 Å². The molecular weight excluding hydrogens is 202 g/mol. The first-order chi connectivity index (χ1) is 7.65. The maximum atomic E-state index is 5.60. The zero-order valence-electron chi connectivity index (χ0n) is 9.10. The number of hydrogen-bond acceptors (Lipinski definition) is 4. The van der Waals surface area contributed by atoms with Gasteiger partial charge in [-0.1, -0.05) is 6.07 Å². The molecule has 0 fully saturated rings. The van der Waals surface area contributed by atoms with Crippen LogP contribution in [0.5, 0.6) is 0 Å². The van der Waals surface area contributed by atoms with Crippen molar-refractivity contribution < 1.29 is 0 Å². The number of hydrogen-bond donors (Lipinski definition) is 1. The average Bonchev–Trinajstić information content (AvgIpc) is 2.54. The van der Waals surface area contributed by atoms with Gasteiger partial charge in [0.05, 0.1) is 11.0 Å². The molecule has 3 aromatic rings. The van der Waals surface area contributed by atoms with Crippen LogP contribution in [0.2, 0.25) is 0 Å². The highest BCUT2D eigenvalue weighted by Crippen LogP contribution is 2.18. The van der Waals surface area contributed by atoms with E-state index in [1.807, 2.05) is 36.4 Å². The lowest BCUT2D eigenvalue weighted by molar-refractivity contribution is 0.965. The van der Waals surface area contributed by atoms with Gasteiger partial charge in [-0.2, -0.15) is 9.97 Å². The van der Waals surface area contributed by atoms with E-state index >= 15 is 0 Å². The van der Waals surface area contributed by atoms with E-state index in [1.165, 1.54) is 5.56 Å². The fourth-order valence-electron chi connectivity index (χ4n) is 1.91. The number of benzene rings is 1. The van der Waals surface area contributed by atoms with E-state index < -0.39 is 0 Å². The van der Waals surface area contributed by atoms with Crippen molar-refractivity contribution in [1.29, 1.82) is 0 Å². The van der Waals surface area contributed by atoms with Crippen molar-refractivity contribution in [2.75, 3.05) is 5.73 Å². The molecule has 0 saturated heterocycles. The Labute approximate surface area is 92.0 Å². The summed E-state index contributed by atoms with van der Waals surface area (Å²) in [5.74, 6) is 1.66. The zero-order valence-corrected chi connectivity index (χ0v) is 9.10. The Bertz CT molecular complexity index is 698. The monoisotopic (exact) mass is 213 g/mol. The van der Waals surface area contributed by atoms with Crippen LogP contribution >= 0.6 is 0 Å². The van der Waals surface area contributed by atoms with Crippen molar-refractivity contribution in [2.24, 2.45) is 0 Å². The molecule has 0 bridgehead atoms. The molecule has 2 N–H and O–H groups in total. The lowest BCUT2D eigenvalue weighted by Crippen LogP contribution is -2.03. The number of anilines is 1. The molecule has 0 radical (unpaired) electrons. The topological polar surface area (TPSA) is 69.1 Å². The van der Waals surface area contributed by atoms with Crippen LogP contribution < -0.4 is 5.73 Å². The lowest BCUT2D eigenvalue weighted by Gasteiger charge is -2.00. The van der Waals surface area contributed by atoms with Crippen LogP contribution in [-0.2, 0) is 0 Å². The molecule has 0 unspecified atom stereocenters. The molecule has 5 heteroatoms. The van der Waals surface area contributed by atoms with Crippen LogP contribution in [0.15, 0.2) is 18.2 Å². The normalized spacial score (nSPS) is 11.4. The van der Waals surface area contributed by atoms with E-state index in [1.54, 1.807) is 0 Å². The maximum Gasteiger partial charge on any atom is 0.239 e. The van der Waals surface area contributed by atoms with Crippen LogP contribution in [0.1, 0.15) is 11.4 Å². The Kier molecular flexibility index (Phi) is 1.65. The fraction of sp³-hybridized carbons (Fsp3) is 0.182. The second kappa shape index (κ2) is 2.91. The summed E-state index contributed by atoms with van der Waals surface area (Å²) < 4.78 is 1.91. The SMILES string of the molecule is Cc1ccc2c(c1)nc1nc(N)nc(C)n12. The van der Waals surface area contributed by atoms with Gasteiger partial charge in [-0.05, 0) is 31.5 Å². The van der Waals surface area contributed by atoms with Gasteiger partial charge in [0.25, 0.3) is 0 Å². The number of nitrogens with two attached hydrogens (primary N) is 1. The standard InChI is InChI=1S/C11H11N5/c1-6-3-4-9-8(5-6)14-11-15-10(12)13-7(2)16(9)11/h3-5H,1-2H3,(H2,12,14,15). The van der Waals surface area contributed by atoms with E-state index in [4.69, 9.17) is 5.73 Å². The number of nitrogen functional groups attached to an aromatic ring is 1. The van der Waals surface area contributed by atoms with Crippen molar-refractivity contribution in [2.45, 2.75) is 13.8 Å². The predicted molar refractivity (Wildman–Crippen MR) is 62.2 cm³/mol. The summed E-state index contributed by atoms with van der Waals surface area (Å²) in [6.07, 6.45) is 0. The molecule has 0 aliphatic rings. The number of aryl methyl sites for hydroxylation is 2. The van der Waals surface area contributed by atoms with E-state index in [-0.39, 0.29) is 5.95 Å². The molecule has 5 nitrogen and oxygen atoms in total. The Hall–Kier alpha value is -2.17. The third kappa shape index (κ3) is 1.14. The zero-order chi connectivity index (χ0) is 11.3. The lowest BCUT2D eigenvalue weighted by atomic mass is 10.2. The first-order valence-corrected chi connectivity index (χ1v) is 5.04. The summed E-state index contributed by atoms with van der Waals surface area (Å²) in [5, 5.41) is 0. The molecule has 1 aromatic carbocycles. The average molecular weight is 213 g/mol. The molecule has 0 atom stereocenters. The summed E-state index contributed by atoms with van der Waals surface area (Å²) >= 11 is 0. The molecule has 0 spiro atoms. The van der Waals surface area contributed by atoms with Gasteiger partial charge in [-0.15, -0.1) is 0 Å². The minimum absolute atomic E-state index is 0.261. The van der Waals surface area contributed by atoms with Gasteiger partial charge in [0.15, 0.2) is 0 Å². The van der Waals surface area contributed by atoms with Crippen LogP contribution in [-0.4, -0.2) is 19.4 Å². The van der Waals surface area contributed by atoms with E-state index in [2.05, 4.69) is 15.0 Å². The molecule has 0 saturated carbocycles. The Morgan fingerprint density at radius 1 is 1.12 bits per heavy atom. The Morgan fingerprint density at radius 2 is 1.94 bits per heavy atom. The third-order valence-corrected chi connectivity index (χ3v) is 2.61. The van der Waals surface area contributed by atoms with Gasteiger partial charge in [-0.25, -0.2) is 4.98 Å². The molecule has 0 aliphatic carbocycles. The fourth-order valence-corrected chi connectivity index (χ4v) is 1.91. The van der Waals surface area contributed by atoms with Crippen molar-refractivity contribution in [3.05, 3.63) is 29.6 Å². The molecule has 2 heterocycles. The second-order valence-electron chi connectivity index (χ2n) is 3.87. The Balaban J connectivity index is 2.56. The smallest absolute Gasteiger partial charge is 0.239 e. The molecule has 16 heavy (non-hydrogen) atoms. The van der Waals surface area contributed by atoms with Crippen LogP contribution in [0.3, 0.4) is 0 Å². The molecule has 0 amide bonds. The van der Waals surface area contributed by atoms with E-state index in [0.29, 0.717) is 5.78 Å². The van der Waals surface area contributed by atoms with Gasteiger partial charge in [0, 0.05) is 0 Å². The van der Waals surface area contributed by atoms with Crippen LogP contribution in [0, 0.1) is 13.8 Å². The molecule has 0 aliphatic heterocycles. The second-order valence-corrected chi connectivity index (χ2v) is 3.87. The van der Waals surface area contributed by atoms with Crippen LogP contribution in [0.4, 0.5) is 5.95 Å². The van der Waals surface area contributed by atoms with Gasteiger partial charge >= 0.3 is 0 Å². The summed E-state index contributed by atoms with van der Waals surface area (Å²) in [6, 6.07) is 6.10. The number of nitrogens with zero attached hydrogens (tertiary/aromatic N) is 4. The largest absolute Gasteiger partial charge is 0.368 e. The summed E-state index contributed by atoms with van der Waals surface area (Å²) in [6.45, 7) is 3.93. The molecule has 3 rings (SSSR count). The molecule has 80 valence electrons. The first-order valence-electron chi connectivity index (χ1n) is 5.04. The van der Waals surface area contributed by atoms with Crippen molar-refractivity contribution in [3.63, 3.8) is 0 Å². The first kappa shape index (κ1) is 9.08. The third-order valence-electron chi connectivity index (χ3n) is 2.61. The number of rotatable bonds is 0. The van der Waals surface area contributed by atoms with Crippen molar-refractivity contribution >= 4 is 22.8 Å². The highest BCUT2D eigenvalue weighted by molar-refractivity contribution is 5.80. The number of imidazole rings is 1. The molecule has 2 aromatic heterocycles. The summed E-state index contributed by atoms with van der Waals surface area (Å²) in [5.41, 5.74) is 8.71. The van der Waals surface area contributed by atoms with E-state index in [0.717, 1.165) is 16.9 Å². The number of fused-ring (bicyclic) bond motifs is 3. The van der Waals surface area contributed by atoms with Crippen LogP contribution in [0.25, 0.3) is 16.8 Å². The predicted octanol–water partition coefficient (Wildman–Crippen LogP) is 1.48. The highest BCUT2D eigenvalue weighted by Gasteiger charge is 2.09. The van der Waals surface area contributed by atoms with Gasteiger partial charge in [-0.3, -0.25) is 4.40 Å². The van der Waals surface area contributed by atoms with Gasteiger partial charge in [0.2, 0.25) is 11.7 Å². The van der Waals surface area contributed by atoms with Gasteiger partial charge in [0.1, 0.15) is 5.82 Å². The quantitative estimate of drug-likeness (QED) is 0.614. The minimum atomic E-state index is 0.261. The Morgan fingerprint density at radius 3 is 2.75 bits per heavy atom. The maximum absolute atomic E-state index is 5.60. The minimum Gasteiger partial charge on any atom is -0.368 e.